The van der Waals surface area contributed by atoms with Crippen molar-refractivity contribution in [2.45, 2.75) is 12.8 Å². The second-order valence-electron chi connectivity index (χ2n) is 4.54. The highest BCUT2D eigenvalue weighted by molar-refractivity contribution is 6.32. The van der Waals surface area contributed by atoms with Crippen LogP contribution < -0.4 is 5.32 Å². The van der Waals surface area contributed by atoms with Gasteiger partial charge in [-0.1, -0.05) is 29.8 Å². The zero-order chi connectivity index (χ0) is 13.2. The zero-order valence-corrected chi connectivity index (χ0v) is 11.1. The van der Waals surface area contributed by atoms with Gasteiger partial charge in [-0.25, -0.2) is 0 Å². The lowest BCUT2D eigenvalue weighted by molar-refractivity contribution is -0.114. The summed E-state index contributed by atoms with van der Waals surface area (Å²) in [5.74, 6) is -0.0982. The lowest BCUT2D eigenvalue weighted by Crippen LogP contribution is -2.13. The Kier molecular flexibility index (Phi) is 3.22. The fourth-order valence-electron chi connectivity index (χ4n) is 2.28. The third kappa shape index (κ3) is 2.47. The van der Waals surface area contributed by atoms with E-state index in [1.165, 1.54) is 0 Å². The van der Waals surface area contributed by atoms with Crippen LogP contribution in [0.2, 0.25) is 5.02 Å². The Morgan fingerprint density at radius 3 is 2.95 bits per heavy atom. The monoisotopic (exact) mass is 272 g/mol. The van der Waals surface area contributed by atoms with Gasteiger partial charge in [-0.05, 0) is 36.6 Å². The van der Waals surface area contributed by atoms with Crippen LogP contribution in [-0.2, 0) is 4.79 Å². The molecule has 1 heterocycles. The molecule has 0 radical (unpaired) electrons. The molecule has 0 aromatic heterocycles. The standard InChI is InChI=1S/C15H13ClN2O/c16-11-6-7-13-12(8-11)15(17-9-14(19)18-13)10-4-2-1-3-5-10/h2,4-8H,1,3,9H2,(H,18,19). The Balaban J connectivity index is 2.13. The molecule has 0 saturated carbocycles. The van der Waals surface area contributed by atoms with Gasteiger partial charge in [0, 0.05) is 10.6 Å². The number of benzodiazepines with no additional fused rings is 1. The van der Waals surface area contributed by atoms with E-state index >= 15 is 0 Å². The molecule has 3 rings (SSSR count). The number of hydrogen-bond acceptors (Lipinski definition) is 2. The number of benzene rings is 1. The number of rotatable bonds is 1. The summed E-state index contributed by atoms with van der Waals surface area (Å²) in [6.45, 7) is 0.146. The van der Waals surface area contributed by atoms with Crippen molar-refractivity contribution in [2.24, 2.45) is 4.99 Å². The number of aliphatic imine (C=N–C) groups is 1. The van der Waals surface area contributed by atoms with Crippen LogP contribution in [0, 0.1) is 0 Å². The van der Waals surface area contributed by atoms with Crippen molar-refractivity contribution < 1.29 is 4.79 Å². The number of amides is 1. The minimum Gasteiger partial charge on any atom is -0.324 e. The summed E-state index contributed by atoms with van der Waals surface area (Å²) in [5, 5.41) is 3.50. The Bertz CT molecular complexity index is 629. The number of halogens is 1. The highest BCUT2D eigenvalue weighted by Crippen LogP contribution is 2.27. The summed E-state index contributed by atoms with van der Waals surface area (Å²) in [6.07, 6.45) is 8.39. The summed E-state index contributed by atoms with van der Waals surface area (Å²) in [4.78, 5) is 16.1. The maximum Gasteiger partial charge on any atom is 0.246 e. The SMILES string of the molecule is O=C1CN=C(C2=CCCC=C2)c2cc(Cl)ccc2N1. The second-order valence-corrected chi connectivity index (χ2v) is 4.98. The molecule has 19 heavy (non-hydrogen) atoms. The number of carbonyl (C=O) groups is 1. The minimum absolute atomic E-state index is 0.0982. The van der Waals surface area contributed by atoms with Crippen LogP contribution in [0.15, 0.2) is 47.0 Å². The Morgan fingerprint density at radius 2 is 2.16 bits per heavy atom. The minimum atomic E-state index is -0.0982. The van der Waals surface area contributed by atoms with Gasteiger partial charge in [0.1, 0.15) is 6.54 Å². The maximum absolute atomic E-state index is 11.7. The Hall–Kier alpha value is -1.87. The van der Waals surface area contributed by atoms with Crippen molar-refractivity contribution in [3.63, 3.8) is 0 Å². The van der Waals surface area contributed by atoms with Crippen LogP contribution in [0.4, 0.5) is 5.69 Å². The lowest BCUT2D eigenvalue weighted by atomic mass is 9.96. The molecule has 96 valence electrons. The number of fused-ring (bicyclic) bond motifs is 1. The second kappa shape index (κ2) is 5.02. The van der Waals surface area contributed by atoms with Crippen molar-refractivity contribution in [1.82, 2.24) is 0 Å². The highest BCUT2D eigenvalue weighted by atomic mass is 35.5. The van der Waals surface area contributed by atoms with Crippen molar-refractivity contribution in [1.29, 1.82) is 0 Å². The molecule has 1 aliphatic heterocycles. The van der Waals surface area contributed by atoms with Gasteiger partial charge in [0.25, 0.3) is 0 Å². The van der Waals surface area contributed by atoms with E-state index in [1.54, 1.807) is 6.07 Å². The summed E-state index contributed by atoms with van der Waals surface area (Å²) in [7, 11) is 0. The smallest absolute Gasteiger partial charge is 0.246 e. The van der Waals surface area contributed by atoms with Crippen molar-refractivity contribution in [2.75, 3.05) is 11.9 Å². The predicted molar refractivity (Wildman–Crippen MR) is 77.9 cm³/mol. The normalized spacial score (nSPS) is 18.1. The number of nitrogens with one attached hydrogen (secondary N) is 1. The van der Waals surface area contributed by atoms with E-state index in [9.17, 15) is 4.79 Å². The molecule has 0 atom stereocenters. The quantitative estimate of drug-likeness (QED) is 0.837. The van der Waals surface area contributed by atoms with E-state index < -0.39 is 0 Å². The molecule has 3 nitrogen and oxygen atoms in total. The van der Waals surface area contributed by atoms with Gasteiger partial charge in [0.2, 0.25) is 5.91 Å². The van der Waals surface area contributed by atoms with Gasteiger partial charge < -0.3 is 5.32 Å². The van der Waals surface area contributed by atoms with E-state index in [0.29, 0.717) is 5.02 Å². The summed E-state index contributed by atoms with van der Waals surface area (Å²) in [5.41, 5.74) is 3.56. The van der Waals surface area contributed by atoms with Crippen molar-refractivity contribution in [3.8, 4) is 0 Å². The Labute approximate surface area is 116 Å². The number of anilines is 1. The first-order valence-corrected chi connectivity index (χ1v) is 6.63. The van der Waals surface area contributed by atoms with E-state index in [1.807, 2.05) is 12.1 Å². The van der Waals surface area contributed by atoms with Gasteiger partial charge in [0.05, 0.1) is 11.4 Å². The molecule has 1 N–H and O–H groups in total. The molecule has 1 aromatic carbocycles. The molecular formula is C15H13ClN2O. The first-order valence-electron chi connectivity index (χ1n) is 6.25. The first-order chi connectivity index (χ1) is 9.24. The van der Waals surface area contributed by atoms with E-state index in [-0.39, 0.29) is 12.5 Å². The van der Waals surface area contributed by atoms with Crippen LogP contribution in [0.3, 0.4) is 0 Å². The third-order valence-corrected chi connectivity index (χ3v) is 3.40. The largest absolute Gasteiger partial charge is 0.324 e. The summed E-state index contributed by atoms with van der Waals surface area (Å²) in [6, 6.07) is 5.45. The lowest BCUT2D eigenvalue weighted by Gasteiger charge is -2.13. The first kappa shape index (κ1) is 12.2. The average molecular weight is 273 g/mol. The van der Waals surface area contributed by atoms with Crippen LogP contribution in [-0.4, -0.2) is 18.2 Å². The number of carbonyl (C=O) groups excluding carboxylic acids is 1. The van der Waals surface area contributed by atoms with E-state index in [4.69, 9.17) is 11.6 Å². The van der Waals surface area contributed by atoms with Crippen LogP contribution in [0.1, 0.15) is 18.4 Å². The predicted octanol–water partition coefficient (Wildman–Crippen LogP) is 3.36. The molecule has 0 unspecified atom stereocenters. The van der Waals surface area contributed by atoms with Gasteiger partial charge in [0.15, 0.2) is 0 Å². The van der Waals surface area contributed by atoms with Crippen LogP contribution in [0.5, 0.6) is 0 Å². The highest BCUT2D eigenvalue weighted by Gasteiger charge is 2.19. The van der Waals surface area contributed by atoms with Gasteiger partial charge in [-0.2, -0.15) is 0 Å². The molecule has 4 heteroatoms. The van der Waals surface area contributed by atoms with Crippen LogP contribution >= 0.6 is 11.6 Å². The van der Waals surface area contributed by atoms with Crippen LogP contribution in [0.25, 0.3) is 0 Å². The van der Waals surface area contributed by atoms with Crippen molar-refractivity contribution >= 4 is 28.9 Å². The fourth-order valence-corrected chi connectivity index (χ4v) is 2.46. The van der Waals surface area contributed by atoms with Gasteiger partial charge in [-0.15, -0.1) is 0 Å². The molecular weight excluding hydrogens is 260 g/mol. The number of allylic oxidation sites excluding steroid dienone is 4. The van der Waals surface area contributed by atoms with Gasteiger partial charge >= 0.3 is 0 Å². The molecule has 1 amide bonds. The average Bonchev–Trinajstić information content (AvgIpc) is 2.58. The molecule has 0 bridgehead atoms. The van der Waals surface area contributed by atoms with Crippen molar-refractivity contribution in [3.05, 3.63) is 52.6 Å². The van der Waals surface area contributed by atoms with E-state index in [2.05, 4.69) is 28.5 Å². The fraction of sp³-hybridized carbons (Fsp3) is 0.200. The molecule has 0 saturated heterocycles. The Morgan fingerprint density at radius 1 is 1.26 bits per heavy atom. The summed E-state index contributed by atoms with van der Waals surface area (Å²) < 4.78 is 0. The molecule has 0 spiro atoms. The zero-order valence-electron chi connectivity index (χ0n) is 10.3. The molecule has 0 fully saturated rings. The summed E-state index contributed by atoms with van der Waals surface area (Å²) >= 11 is 6.07. The number of nitrogens with zero attached hydrogens (tertiary/aromatic N) is 1. The molecule has 2 aliphatic rings. The van der Waals surface area contributed by atoms with E-state index in [0.717, 1.165) is 35.4 Å². The molecule has 1 aliphatic carbocycles. The molecule has 1 aromatic rings. The topological polar surface area (TPSA) is 41.5 Å². The third-order valence-electron chi connectivity index (χ3n) is 3.16. The number of hydrogen-bond donors (Lipinski definition) is 1. The van der Waals surface area contributed by atoms with Gasteiger partial charge in [-0.3, -0.25) is 9.79 Å². The maximum atomic E-state index is 11.7.